The second kappa shape index (κ2) is 12.6. The molecule has 2 heterocycles. The van der Waals surface area contributed by atoms with Crippen LogP contribution in [0.15, 0.2) is 59.5 Å². The molecule has 1 aromatic heterocycles. The summed E-state index contributed by atoms with van der Waals surface area (Å²) in [4.78, 5) is 25.7. The van der Waals surface area contributed by atoms with E-state index < -0.39 is 27.3 Å². The number of rotatable bonds is 9. The molecule has 2 aromatic carbocycles. The maximum atomic E-state index is 13.9. The number of aromatic nitrogens is 2. The minimum absolute atomic E-state index is 0.00791. The Morgan fingerprint density at radius 3 is 2.51 bits per heavy atom. The molecular formula is C30H35F3N6O3S. The summed E-state index contributed by atoms with van der Waals surface area (Å²) in [5, 5.41) is 5.59. The highest BCUT2D eigenvalue weighted by atomic mass is 32.2. The molecule has 1 saturated carbocycles. The van der Waals surface area contributed by atoms with Gasteiger partial charge in [-0.2, -0.15) is 13.2 Å². The molecule has 2 atom stereocenters. The second-order valence-electron chi connectivity index (χ2n) is 11.1. The number of carbonyl (C=O) groups excluding carboxylic acids is 1. The SMILES string of the molecule is C[C@H]1COCCN1c1cc(C2(S(=O)c3ccccc3C(F)(F)F)CC2)nc(-c2ccc(NC(=O)NCCN(C)C)cc2)n1. The van der Waals surface area contributed by atoms with Crippen LogP contribution in [0.1, 0.15) is 31.0 Å². The van der Waals surface area contributed by atoms with E-state index in [4.69, 9.17) is 14.7 Å². The van der Waals surface area contributed by atoms with E-state index >= 15 is 0 Å². The predicted octanol–water partition coefficient (Wildman–Crippen LogP) is 4.87. The first-order valence-corrected chi connectivity index (χ1v) is 15.2. The third-order valence-electron chi connectivity index (χ3n) is 7.54. The summed E-state index contributed by atoms with van der Waals surface area (Å²) in [6, 6.07) is 13.5. The number of likely N-dealkylation sites (N-methyl/N-ethyl adjacent to an activating group) is 1. The van der Waals surface area contributed by atoms with E-state index in [1.54, 1.807) is 30.3 Å². The molecule has 0 bridgehead atoms. The standard InChI is InChI=1S/C30H35F3N6O3S/c1-20-19-42-17-16-39(20)26-18-25(29(12-13-29)43(41)24-7-5-4-6-23(24)30(31,32)33)36-27(37-26)21-8-10-22(11-9-21)35-28(40)34-14-15-38(2)3/h4-11,18,20H,12-17,19H2,1-3H3,(H2,34,35,40)/t20-,43?/m0/s1. The first kappa shape index (κ1) is 30.9. The lowest BCUT2D eigenvalue weighted by molar-refractivity contribution is -0.139. The molecule has 2 fully saturated rings. The van der Waals surface area contributed by atoms with Crippen molar-refractivity contribution >= 4 is 28.3 Å². The molecule has 5 rings (SSSR count). The molecule has 0 radical (unpaired) electrons. The summed E-state index contributed by atoms with van der Waals surface area (Å²) < 4.78 is 60.0. The third-order valence-corrected chi connectivity index (χ3v) is 9.62. The molecule has 13 heteroatoms. The number of hydrogen-bond acceptors (Lipinski definition) is 7. The minimum atomic E-state index is -4.63. The maximum absolute atomic E-state index is 13.9. The van der Waals surface area contributed by atoms with Gasteiger partial charge in [0, 0.05) is 37.0 Å². The number of ether oxygens (including phenoxy) is 1. The summed E-state index contributed by atoms with van der Waals surface area (Å²) in [6.45, 7) is 4.80. The van der Waals surface area contributed by atoms with Crippen LogP contribution in [0.2, 0.25) is 0 Å². The van der Waals surface area contributed by atoms with E-state index in [9.17, 15) is 22.2 Å². The van der Waals surface area contributed by atoms with Crippen LogP contribution < -0.4 is 15.5 Å². The van der Waals surface area contributed by atoms with Crippen molar-refractivity contribution in [2.24, 2.45) is 0 Å². The van der Waals surface area contributed by atoms with Gasteiger partial charge in [0.25, 0.3) is 0 Å². The van der Waals surface area contributed by atoms with Crippen molar-refractivity contribution in [2.45, 2.75) is 41.6 Å². The fourth-order valence-electron chi connectivity index (χ4n) is 5.01. The lowest BCUT2D eigenvalue weighted by Gasteiger charge is -2.34. The van der Waals surface area contributed by atoms with Gasteiger partial charge in [0.1, 0.15) is 5.82 Å². The molecule has 9 nitrogen and oxygen atoms in total. The van der Waals surface area contributed by atoms with E-state index in [0.717, 1.165) is 6.07 Å². The Balaban J connectivity index is 1.48. The number of morpholine rings is 1. The Morgan fingerprint density at radius 2 is 1.86 bits per heavy atom. The highest BCUT2D eigenvalue weighted by Gasteiger charge is 2.54. The van der Waals surface area contributed by atoms with Crippen molar-refractivity contribution in [3.05, 3.63) is 65.9 Å². The predicted molar refractivity (Wildman–Crippen MR) is 159 cm³/mol. The number of carbonyl (C=O) groups is 1. The third kappa shape index (κ3) is 7.00. The average Bonchev–Trinajstić information content (AvgIpc) is 3.79. The zero-order valence-electron chi connectivity index (χ0n) is 24.3. The van der Waals surface area contributed by atoms with Crippen LogP contribution in [0.4, 0.5) is 29.5 Å². The van der Waals surface area contributed by atoms with Crippen molar-refractivity contribution in [1.82, 2.24) is 20.2 Å². The number of alkyl halides is 3. The molecule has 230 valence electrons. The molecule has 3 aromatic rings. The van der Waals surface area contributed by atoms with Gasteiger partial charge in [-0.15, -0.1) is 0 Å². The molecule has 2 aliphatic rings. The monoisotopic (exact) mass is 616 g/mol. The average molecular weight is 617 g/mol. The van der Waals surface area contributed by atoms with Crippen LogP contribution in [0.25, 0.3) is 11.4 Å². The number of halogens is 3. The fourth-order valence-corrected chi connectivity index (χ4v) is 6.78. The molecule has 0 spiro atoms. The number of nitrogens with zero attached hydrogens (tertiary/aromatic N) is 4. The second-order valence-corrected chi connectivity index (χ2v) is 12.8. The van der Waals surface area contributed by atoms with Gasteiger partial charge < -0.3 is 25.2 Å². The van der Waals surface area contributed by atoms with Crippen LogP contribution in [0.5, 0.6) is 0 Å². The van der Waals surface area contributed by atoms with Gasteiger partial charge in [-0.1, -0.05) is 12.1 Å². The van der Waals surface area contributed by atoms with Crippen molar-refractivity contribution in [2.75, 3.05) is 57.2 Å². The molecule has 1 unspecified atom stereocenters. The lowest BCUT2D eigenvalue weighted by Crippen LogP contribution is -2.44. The van der Waals surface area contributed by atoms with Crippen LogP contribution in [-0.4, -0.2) is 78.1 Å². The number of amides is 2. The van der Waals surface area contributed by atoms with Gasteiger partial charge in [-0.3, -0.25) is 4.21 Å². The van der Waals surface area contributed by atoms with Gasteiger partial charge in [-0.25, -0.2) is 14.8 Å². The van der Waals surface area contributed by atoms with E-state index in [0.29, 0.717) is 74.3 Å². The minimum Gasteiger partial charge on any atom is -0.377 e. The first-order chi connectivity index (χ1) is 20.5. The normalized spacial score (nSPS) is 18.8. The van der Waals surface area contributed by atoms with Crippen LogP contribution in [-0.2, 0) is 26.5 Å². The van der Waals surface area contributed by atoms with Gasteiger partial charge in [0.2, 0.25) is 0 Å². The number of urea groups is 1. The molecule has 2 amide bonds. The molecule has 43 heavy (non-hydrogen) atoms. The van der Waals surface area contributed by atoms with E-state index in [-0.39, 0.29) is 17.0 Å². The van der Waals surface area contributed by atoms with Crippen LogP contribution in [0.3, 0.4) is 0 Å². The van der Waals surface area contributed by atoms with Crippen molar-refractivity contribution in [1.29, 1.82) is 0 Å². The summed E-state index contributed by atoms with van der Waals surface area (Å²) in [5.74, 6) is 0.964. The smallest absolute Gasteiger partial charge is 0.377 e. The number of anilines is 2. The van der Waals surface area contributed by atoms with Gasteiger partial charge in [-0.05, 0) is 70.3 Å². The van der Waals surface area contributed by atoms with E-state index in [1.807, 2.05) is 25.9 Å². The van der Waals surface area contributed by atoms with Gasteiger partial charge in [0.15, 0.2) is 5.82 Å². The summed E-state index contributed by atoms with van der Waals surface area (Å²) in [6.07, 6.45) is -3.76. The number of benzene rings is 2. The Hall–Kier alpha value is -3.55. The Bertz CT molecular complexity index is 1480. The fraction of sp³-hybridized carbons (Fsp3) is 0.433. The summed E-state index contributed by atoms with van der Waals surface area (Å²) in [7, 11) is 1.84. The van der Waals surface area contributed by atoms with E-state index in [2.05, 4.69) is 15.5 Å². The summed E-state index contributed by atoms with van der Waals surface area (Å²) in [5.41, 5.74) is 0.779. The molecule has 2 N–H and O–H groups in total. The first-order valence-electron chi connectivity index (χ1n) is 14.1. The lowest BCUT2D eigenvalue weighted by atomic mass is 10.1. The number of nitrogens with one attached hydrogen (secondary N) is 2. The summed E-state index contributed by atoms with van der Waals surface area (Å²) >= 11 is 0. The number of hydrogen-bond donors (Lipinski definition) is 2. The van der Waals surface area contributed by atoms with Crippen molar-refractivity contribution in [3.8, 4) is 11.4 Å². The zero-order valence-corrected chi connectivity index (χ0v) is 25.1. The largest absolute Gasteiger partial charge is 0.417 e. The Morgan fingerprint density at radius 1 is 1.14 bits per heavy atom. The highest BCUT2D eigenvalue weighted by molar-refractivity contribution is 7.86. The van der Waals surface area contributed by atoms with Crippen LogP contribution in [0, 0.1) is 0 Å². The molecular weight excluding hydrogens is 581 g/mol. The van der Waals surface area contributed by atoms with Crippen molar-refractivity contribution < 1.29 is 26.9 Å². The maximum Gasteiger partial charge on any atom is 0.417 e. The van der Waals surface area contributed by atoms with E-state index in [1.165, 1.54) is 18.2 Å². The molecule has 1 saturated heterocycles. The molecule has 1 aliphatic carbocycles. The van der Waals surface area contributed by atoms with Gasteiger partial charge in [0.05, 0.1) is 51.0 Å². The Labute approximate surface area is 251 Å². The topological polar surface area (TPSA) is 99.7 Å². The van der Waals surface area contributed by atoms with Gasteiger partial charge >= 0.3 is 12.2 Å². The quantitative estimate of drug-likeness (QED) is 0.354. The highest BCUT2D eigenvalue weighted by Crippen LogP contribution is 2.54. The molecule has 1 aliphatic heterocycles. The van der Waals surface area contributed by atoms with Crippen LogP contribution >= 0.6 is 0 Å². The Kier molecular flexibility index (Phi) is 9.04. The zero-order chi connectivity index (χ0) is 30.8. The van der Waals surface area contributed by atoms with Crippen molar-refractivity contribution in [3.63, 3.8) is 0 Å².